The fourth-order valence-electron chi connectivity index (χ4n) is 2.74. The smallest absolute Gasteiger partial charge is 0.247 e. The van der Waals surface area contributed by atoms with Crippen LogP contribution in [-0.4, -0.2) is 41.8 Å². The molecule has 0 saturated carbocycles. The Balaban J connectivity index is 1.99. The molecule has 0 aliphatic carbocycles. The second kappa shape index (κ2) is 11.9. The maximum Gasteiger partial charge on any atom is 0.247 e. The molecule has 0 aliphatic heterocycles. The summed E-state index contributed by atoms with van der Waals surface area (Å²) >= 11 is 1.42. The average Bonchev–Trinajstić information content (AvgIpc) is 2.76. The first-order valence-corrected chi connectivity index (χ1v) is 10.2. The van der Waals surface area contributed by atoms with Crippen molar-refractivity contribution in [2.45, 2.75) is 23.8 Å². The topological polar surface area (TPSA) is 108 Å². The summed E-state index contributed by atoms with van der Waals surface area (Å²) in [6.07, 6.45) is 0.191. The van der Waals surface area contributed by atoms with Crippen LogP contribution >= 0.6 is 11.8 Å². The van der Waals surface area contributed by atoms with Gasteiger partial charge < -0.3 is 10.6 Å². The lowest BCUT2D eigenvalue weighted by atomic mass is 10.0. The van der Waals surface area contributed by atoms with Gasteiger partial charge in [-0.1, -0.05) is 48.5 Å². The molecule has 2 aromatic carbocycles. The zero-order valence-corrected chi connectivity index (χ0v) is 16.9. The molecule has 0 bridgehead atoms. The van der Waals surface area contributed by atoms with Crippen LogP contribution in [0, 0.1) is 5.92 Å². The summed E-state index contributed by atoms with van der Waals surface area (Å²) in [5, 5.41) is 14.3. The molecule has 3 amide bonds. The summed E-state index contributed by atoms with van der Waals surface area (Å²) < 4.78 is 0. The SMILES string of the molecule is CNC(=O)C(Cc1ccccc1)NC(=O)CC(CSc1ccccc1)C(=O)NO. The standard InChI is InChI=1S/C21H25N3O4S/c1-22-21(27)18(12-15-8-4-2-5-9-15)23-19(25)13-16(20(26)24-28)14-29-17-10-6-3-7-11-17/h2-11,16,18,28H,12-14H2,1H3,(H,22,27)(H,23,25)(H,24,26). The molecule has 0 heterocycles. The Morgan fingerprint density at radius 1 is 0.966 bits per heavy atom. The number of carbonyl (C=O) groups excluding carboxylic acids is 3. The van der Waals surface area contributed by atoms with Crippen LogP contribution in [0.2, 0.25) is 0 Å². The maximum atomic E-state index is 12.5. The number of thioether (sulfide) groups is 1. The predicted molar refractivity (Wildman–Crippen MR) is 111 cm³/mol. The van der Waals surface area contributed by atoms with Crippen molar-refractivity contribution in [1.29, 1.82) is 0 Å². The average molecular weight is 416 g/mol. The number of benzene rings is 2. The van der Waals surface area contributed by atoms with Gasteiger partial charge in [-0.05, 0) is 17.7 Å². The molecular formula is C21H25N3O4S. The number of amides is 3. The fourth-order valence-corrected chi connectivity index (χ4v) is 3.75. The van der Waals surface area contributed by atoms with Crippen molar-refractivity contribution in [3.8, 4) is 0 Å². The lowest BCUT2D eigenvalue weighted by molar-refractivity contribution is -0.136. The number of hydrogen-bond acceptors (Lipinski definition) is 5. The van der Waals surface area contributed by atoms with Gasteiger partial charge in [0.05, 0.1) is 5.92 Å². The molecule has 0 fully saturated rings. The van der Waals surface area contributed by atoms with Crippen LogP contribution in [-0.2, 0) is 20.8 Å². The Bertz CT molecular complexity index is 802. The molecule has 8 heteroatoms. The van der Waals surface area contributed by atoms with E-state index in [4.69, 9.17) is 5.21 Å². The van der Waals surface area contributed by atoms with Crippen molar-refractivity contribution in [3.05, 3.63) is 66.2 Å². The van der Waals surface area contributed by atoms with E-state index >= 15 is 0 Å². The summed E-state index contributed by atoms with van der Waals surface area (Å²) in [5.74, 6) is -1.82. The molecule has 0 spiro atoms. The van der Waals surface area contributed by atoms with E-state index in [1.165, 1.54) is 18.8 Å². The predicted octanol–water partition coefficient (Wildman–Crippen LogP) is 1.76. The Morgan fingerprint density at radius 2 is 1.59 bits per heavy atom. The van der Waals surface area contributed by atoms with Crippen LogP contribution in [0.3, 0.4) is 0 Å². The Hall–Kier alpha value is -2.84. The van der Waals surface area contributed by atoms with Crippen LogP contribution in [0.1, 0.15) is 12.0 Å². The van der Waals surface area contributed by atoms with Crippen molar-refractivity contribution < 1.29 is 19.6 Å². The number of nitrogens with one attached hydrogen (secondary N) is 3. The van der Waals surface area contributed by atoms with E-state index in [1.54, 1.807) is 5.48 Å². The maximum absolute atomic E-state index is 12.5. The Morgan fingerprint density at radius 3 is 2.17 bits per heavy atom. The number of hydroxylamine groups is 1. The van der Waals surface area contributed by atoms with E-state index in [2.05, 4.69) is 10.6 Å². The molecular weight excluding hydrogens is 390 g/mol. The molecule has 0 aliphatic rings. The van der Waals surface area contributed by atoms with E-state index in [-0.39, 0.29) is 12.3 Å². The minimum Gasteiger partial charge on any atom is -0.357 e. The van der Waals surface area contributed by atoms with Gasteiger partial charge in [-0.25, -0.2) is 5.48 Å². The van der Waals surface area contributed by atoms with Crippen molar-refractivity contribution in [1.82, 2.24) is 16.1 Å². The quantitative estimate of drug-likeness (QED) is 0.269. The third-order valence-electron chi connectivity index (χ3n) is 4.29. The minimum absolute atomic E-state index is 0.144. The molecule has 0 aromatic heterocycles. The first-order valence-electron chi connectivity index (χ1n) is 9.20. The van der Waals surface area contributed by atoms with Gasteiger partial charge in [0.25, 0.3) is 0 Å². The van der Waals surface area contributed by atoms with Gasteiger partial charge in [-0.15, -0.1) is 11.8 Å². The molecule has 29 heavy (non-hydrogen) atoms. The largest absolute Gasteiger partial charge is 0.357 e. The lowest BCUT2D eigenvalue weighted by Crippen LogP contribution is -2.48. The minimum atomic E-state index is -0.755. The van der Waals surface area contributed by atoms with Gasteiger partial charge in [-0.3, -0.25) is 19.6 Å². The molecule has 2 unspecified atom stereocenters. The van der Waals surface area contributed by atoms with Crippen LogP contribution in [0.5, 0.6) is 0 Å². The normalized spacial score (nSPS) is 12.5. The van der Waals surface area contributed by atoms with E-state index < -0.39 is 23.8 Å². The van der Waals surface area contributed by atoms with Gasteiger partial charge >= 0.3 is 0 Å². The number of hydrogen-bond donors (Lipinski definition) is 4. The second-order valence-electron chi connectivity index (χ2n) is 6.43. The number of likely N-dealkylation sites (N-methyl/N-ethyl adjacent to an activating group) is 1. The van der Waals surface area contributed by atoms with Gasteiger partial charge in [0.1, 0.15) is 6.04 Å². The van der Waals surface area contributed by atoms with Crippen molar-refractivity contribution in [2.24, 2.45) is 5.92 Å². The van der Waals surface area contributed by atoms with Gasteiger partial charge in [0.15, 0.2) is 0 Å². The van der Waals surface area contributed by atoms with Gasteiger partial charge in [-0.2, -0.15) is 0 Å². The first kappa shape index (κ1) is 22.4. The summed E-state index contributed by atoms with van der Waals surface area (Å²) in [6, 6.07) is 18.1. The molecule has 2 aromatic rings. The molecule has 154 valence electrons. The molecule has 0 saturated heterocycles. The molecule has 4 N–H and O–H groups in total. The molecule has 7 nitrogen and oxygen atoms in total. The Labute approximate surface area is 174 Å². The van der Waals surface area contributed by atoms with E-state index in [1.807, 2.05) is 60.7 Å². The molecule has 2 atom stereocenters. The summed E-state index contributed by atoms with van der Waals surface area (Å²) in [5.41, 5.74) is 2.53. The lowest BCUT2D eigenvalue weighted by Gasteiger charge is -2.19. The summed E-state index contributed by atoms with van der Waals surface area (Å²) in [6.45, 7) is 0. The fraction of sp³-hybridized carbons (Fsp3) is 0.286. The van der Waals surface area contributed by atoms with Crippen molar-refractivity contribution in [3.63, 3.8) is 0 Å². The third-order valence-corrected chi connectivity index (χ3v) is 5.46. The highest BCUT2D eigenvalue weighted by molar-refractivity contribution is 7.99. The monoisotopic (exact) mass is 415 g/mol. The second-order valence-corrected chi connectivity index (χ2v) is 7.52. The first-order chi connectivity index (χ1) is 14.0. The van der Waals surface area contributed by atoms with Crippen LogP contribution < -0.4 is 16.1 Å². The molecule has 2 rings (SSSR count). The van der Waals surface area contributed by atoms with Crippen LogP contribution in [0.4, 0.5) is 0 Å². The van der Waals surface area contributed by atoms with Gasteiger partial charge in [0.2, 0.25) is 17.7 Å². The summed E-state index contributed by atoms with van der Waals surface area (Å²) in [4.78, 5) is 37.7. The highest BCUT2D eigenvalue weighted by Crippen LogP contribution is 2.22. The number of rotatable bonds is 10. The third kappa shape index (κ3) is 7.59. The summed E-state index contributed by atoms with van der Waals surface area (Å²) in [7, 11) is 1.50. The van der Waals surface area contributed by atoms with Gasteiger partial charge in [0, 0.05) is 30.5 Å². The highest BCUT2D eigenvalue weighted by Gasteiger charge is 2.25. The number of carbonyl (C=O) groups is 3. The highest BCUT2D eigenvalue weighted by atomic mass is 32.2. The Kier molecular flexibility index (Phi) is 9.20. The van der Waals surface area contributed by atoms with E-state index in [0.717, 1.165) is 10.5 Å². The van der Waals surface area contributed by atoms with E-state index in [9.17, 15) is 14.4 Å². The van der Waals surface area contributed by atoms with Crippen molar-refractivity contribution in [2.75, 3.05) is 12.8 Å². The van der Waals surface area contributed by atoms with E-state index in [0.29, 0.717) is 12.2 Å². The zero-order chi connectivity index (χ0) is 21.1. The van der Waals surface area contributed by atoms with Crippen LogP contribution in [0.25, 0.3) is 0 Å². The zero-order valence-electron chi connectivity index (χ0n) is 16.1. The van der Waals surface area contributed by atoms with Crippen LogP contribution in [0.15, 0.2) is 65.6 Å². The van der Waals surface area contributed by atoms with Crippen molar-refractivity contribution >= 4 is 29.5 Å². The molecule has 0 radical (unpaired) electrons.